The first-order chi connectivity index (χ1) is 9.97. The van der Waals surface area contributed by atoms with Gasteiger partial charge in [0.1, 0.15) is 0 Å². The van der Waals surface area contributed by atoms with Crippen LogP contribution in [0.1, 0.15) is 51.9 Å². The summed E-state index contributed by atoms with van der Waals surface area (Å²) in [6, 6.07) is 0. The summed E-state index contributed by atoms with van der Waals surface area (Å²) in [5.41, 5.74) is 5.69. The second-order valence-corrected chi connectivity index (χ2v) is 7.79. The average Bonchev–Trinajstić information content (AvgIpc) is 2.54. The lowest BCUT2D eigenvalue weighted by molar-refractivity contribution is -0.144. The number of oxime groups is 1. The maximum Gasteiger partial charge on any atom is 0.228 e. The Balaban J connectivity index is 2.01. The number of hydrogen-bond acceptors (Lipinski definition) is 4. The van der Waals surface area contributed by atoms with Crippen molar-refractivity contribution in [3.05, 3.63) is 0 Å². The standard InChI is InChI=1S/C15H27N3O2S/c1-14(6-4-3-5-7-14)13(19)18-10-8-15(21-2,9-11-18)12(16)17-20/h20H,3-11H2,1-2H3,(H2,16,17). The highest BCUT2D eigenvalue weighted by Crippen LogP contribution is 2.40. The third-order valence-electron chi connectivity index (χ3n) is 5.30. The van der Waals surface area contributed by atoms with E-state index < -0.39 is 0 Å². The molecule has 21 heavy (non-hydrogen) atoms. The summed E-state index contributed by atoms with van der Waals surface area (Å²) in [5, 5.41) is 12.2. The van der Waals surface area contributed by atoms with Crippen LogP contribution in [0.25, 0.3) is 0 Å². The zero-order chi connectivity index (χ0) is 15.5. The van der Waals surface area contributed by atoms with Gasteiger partial charge in [0.25, 0.3) is 0 Å². The highest BCUT2D eigenvalue weighted by atomic mass is 32.2. The number of carbonyl (C=O) groups excluding carboxylic acids is 1. The molecular formula is C15H27N3O2S. The van der Waals surface area contributed by atoms with Crippen molar-refractivity contribution in [2.45, 2.75) is 56.6 Å². The highest BCUT2D eigenvalue weighted by molar-refractivity contribution is 8.00. The largest absolute Gasteiger partial charge is 0.409 e. The molecule has 0 aromatic heterocycles. The molecule has 0 bridgehead atoms. The van der Waals surface area contributed by atoms with Gasteiger partial charge in [0.05, 0.1) is 4.75 Å². The lowest BCUT2D eigenvalue weighted by Gasteiger charge is -2.43. The third-order valence-corrected chi connectivity index (χ3v) is 6.70. The normalized spacial score (nSPS) is 25.6. The van der Waals surface area contributed by atoms with E-state index in [1.807, 2.05) is 11.2 Å². The van der Waals surface area contributed by atoms with Crippen molar-refractivity contribution in [2.75, 3.05) is 19.3 Å². The smallest absolute Gasteiger partial charge is 0.228 e. The second-order valence-electron chi connectivity index (χ2n) is 6.60. The van der Waals surface area contributed by atoms with Crippen molar-refractivity contribution in [2.24, 2.45) is 16.3 Å². The zero-order valence-corrected chi connectivity index (χ0v) is 13.9. The lowest BCUT2D eigenvalue weighted by Crippen LogP contribution is -2.54. The molecule has 0 spiro atoms. The minimum absolute atomic E-state index is 0.172. The molecule has 0 aromatic carbocycles. The van der Waals surface area contributed by atoms with Gasteiger partial charge < -0.3 is 15.8 Å². The van der Waals surface area contributed by atoms with E-state index in [1.165, 1.54) is 6.42 Å². The first-order valence-corrected chi connectivity index (χ1v) is 9.02. The monoisotopic (exact) mass is 313 g/mol. The number of amides is 1. The number of rotatable bonds is 3. The molecule has 0 unspecified atom stereocenters. The van der Waals surface area contributed by atoms with Crippen LogP contribution >= 0.6 is 11.8 Å². The summed E-state index contributed by atoms with van der Waals surface area (Å²) in [6.45, 7) is 3.52. The van der Waals surface area contributed by atoms with Crippen LogP contribution in [0, 0.1) is 5.41 Å². The predicted octanol–water partition coefficient (Wildman–Crippen LogP) is 2.43. The average molecular weight is 313 g/mol. The molecule has 2 rings (SSSR count). The van der Waals surface area contributed by atoms with Gasteiger partial charge in [-0.05, 0) is 31.9 Å². The number of amidine groups is 1. The molecule has 0 aromatic rings. The van der Waals surface area contributed by atoms with E-state index in [2.05, 4.69) is 12.1 Å². The molecule has 1 amide bonds. The fraction of sp³-hybridized carbons (Fsp3) is 0.867. The van der Waals surface area contributed by atoms with Gasteiger partial charge in [-0.25, -0.2) is 0 Å². The van der Waals surface area contributed by atoms with Crippen LogP contribution < -0.4 is 5.73 Å². The zero-order valence-electron chi connectivity index (χ0n) is 13.1. The number of thioether (sulfide) groups is 1. The lowest BCUT2D eigenvalue weighted by atomic mass is 9.74. The molecule has 1 saturated heterocycles. The molecule has 1 saturated carbocycles. The van der Waals surface area contributed by atoms with Crippen molar-refractivity contribution in [3.63, 3.8) is 0 Å². The first kappa shape index (κ1) is 16.5. The number of nitrogens with two attached hydrogens (primary N) is 1. The van der Waals surface area contributed by atoms with Crippen molar-refractivity contribution in [3.8, 4) is 0 Å². The Morgan fingerprint density at radius 1 is 1.19 bits per heavy atom. The van der Waals surface area contributed by atoms with Gasteiger partial charge >= 0.3 is 0 Å². The van der Waals surface area contributed by atoms with Gasteiger partial charge in [-0.15, -0.1) is 0 Å². The molecule has 120 valence electrons. The van der Waals surface area contributed by atoms with Gasteiger partial charge in [0.2, 0.25) is 5.91 Å². The van der Waals surface area contributed by atoms with E-state index in [0.29, 0.717) is 19.0 Å². The molecule has 1 aliphatic heterocycles. The number of piperidine rings is 1. The van der Waals surface area contributed by atoms with E-state index in [4.69, 9.17) is 10.9 Å². The summed E-state index contributed by atoms with van der Waals surface area (Å²) in [4.78, 5) is 14.8. The highest BCUT2D eigenvalue weighted by Gasteiger charge is 2.43. The topological polar surface area (TPSA) is 78.9 Å². The molecule has 0 radical (unpaired) electrons. The van der Waals surface area contributed by atoms with Crippen LogP contribution in [0.5, 0.6) is 0 Å². The Kier molecular flexibility index (Phi) is 5.07. The van der Waals surface area contributed by atoms with Crippen LogP contribution in [0.3, 0.4) is 0 Å². The number of hydrogen-bond donors (Lipinski definition) is 2. The van der Waals surface area contributed by atoms with E-state index >= 15 is 0 Å². The Morgan fingerprint density at radius 2 is 1.76 bits per heavy atom. The maximum atomic E-state index is 12.8. The van der Waals surface area contributed by atoms with Crippen LogP contribution in [0.2, 0.25) is 0 Å². The maximum absolute atomic E-state index is 12.8. The van der Waals surface area contributed by atoms with E-state index in [1.54, 1.807) is 11.8 Å². The molecule has 3 N–H and O–H groups in total. The minimum atomic E-state index is -0.320. The SMILES string of the molecule is CSC1(C(N)=NO)CCN(C(=O)C2(C)CCCCC2)CC1. The summed E-state index contributed by atoms with van der Waals surface area (Å²) in [5.74, 6) is 0.586. The van der Waals surface area contributed by atoms with Crippen molar-refractivity contribution >= 4 is 23.5 Å². The summed E-state index contributed by atoms with van der Waals surface area (Å²) in [7, 11) is 0. The molecule has 1 aliphatic carbocycles. The van der Waals surface area contributed by atoms with Gasteiger partial charge in [-0.3, -0.25) is 4.79 Å². The summed E-state index contributed by atoms with van der Waals surface area (Å²) >= 11 is 1.62. The summed E-state index contributed by atoms with van der Waals surface area (Å²) in [6.07, 6.45) is 9.09. The van der Waals surface area contributed by atoms with Crippen LogP contribution in [-0.2, 0) is 4.79 Å². The molecule has 6 heteroatoms. The molecule has 2 fully saturated rings. The van der Waals surface area contributed by atoms with Gasteiger partial charge in [-0.2, -0.15) is 11.8 Å². The fourth-order valence-corrected chi connectivity index (χ4v) is 4.50. The van der Waals surface area contributed by atoms with Crippen molar-refractivity contribution < 1.29 is 10.0 Å². The second kappa shape index (κ2) is 6.46. The minimum Gasteiger partial charge on any atom is -0.409 e. The number of nitrogens with zero attached hydrogens (tertiary/aromatic N) is 2. The molecule has 2 aliphatic rings. The Hall–Kier alpha value is -0.910. The Bertz CT molecular complexity index is 411. The molecule has 5 nitrogen and oxygen atoms in total. The molecule has 0 atom stereocenters. The molecular weight excluding hydrogens is 286 g/mol. The van der Waals surface area contributed by atoms with Gasteiger partial charge in [0, 0.05) is 18.5 Å². The predicted molar refractivity (Wildman–Crippen MR) is 86.7 cm³/mol. The third kappa shape index (κ3) is 3.15. The number of carbonyl (C=O) groups is 1. The quantitative estimate of drug-likeness (QED) is 0.363. The Morgan fingerprint density at radius 3 is 2.24 bits per heavy atom. The fourth-order valence-electron chi connectivity index (χ4n) is 3.65. The Labute approximate surface area is 131 Å². The number of likely N-dealkylation sites (tertiary alicyclic amines) is 1. The van der Waals surface area contributed by atoms with Crippen molar-refractivity contribution in [1.29, 1.82) is 0 Å². The first-order valence-electron chi connectivity index (χ1n) is 7.80. The van der Waals surface area contributed by atoms with Gasteiger partial charge in [0.15, 0.2) is 5.84 Å². The van der Waals surface area contributed by atoms with Gasteiger partial charge in [-0.1, -0.05) is 31.3 Å². The van der Waals surface area contributed by atoms with Crippen LogP contribution in [0.15, 0.2) is 5.16 Å². The van der Waals surface area contributed by atoms with Crippen LogP contribution in [0.4, 0.5) is 0 Å². The van der Waals surface area contributed by atoms with E-state index in [-0.39, 0.29) is 16.0 Å². The van der Waals surface area contributed by atoms with Crippen molar-refractivity contribution in [1.82, 2.24) is 4.90 Å². The van der Waals surface area contributed by atoms with Crippen LogP contribution in [-0.4, -0.2) is 45.9 Å². The van der Waals surface area contributed by atoms with E-state index in [9.17, 15) is 4.79 Å². The molecule has 1 heterocycles. The summed E-state index contributed by atoms with van der Waals surface area (Å²) < 4.78 is -0.320. The van der Waals surface area contributed by atoms with E-state index in [0.717, 1.165) is 38.5 Å².